The lowest BCUT2D eigenvalue weighted by Crippen LogP contribution is -2.33. The van der Waals surface area contributed by atoms with E-state index in [2.05, 4.69) is 15.4 Å². The lowest BCUT2D eigenvalue weighted by molar-refractivity contribution is 0.101. The highest BCUT2D eigenvalue weighted by molar-refractivity contribution is 7.20. The van der Waals surface area contributed by atoms with E-state index in [4.69, 9.17) is 0 Å². The Labute approximate surface area is 174 Å². The summed E-state index contributed by atoms with van der Waals surface area (Å²) in [4.78, 5) is 48.5. The average molecular weight is 421 g/mol. The summed E-state index contributed by atoms with van der Waals surface area (Å²) in [5, 5.41) is 0.900. The van der Waals surface area contributed by atoms with Crippen LogP contribution in [-0.2, 0) is 13.0 Å². The fourth-order valence-corrected chi connectivity index (χ4v) is 5.02. The number of amides is 1. The summed E-state index contributed by atoms with van der Waals surface area (Å²) in [5.74, 6) is 0.322. The molecule has 1 amide bonds. The molecule has 9 heteroatoms. The Bertz CT molecular complexity index is 1430. The van der Waals surface area contributed by atoms with Crippen molar-refractivity contribution in [3.63, 3.8) is 0 Å². The Hall–Kier alpha value is -3.33. The minimum atomic E-state index is -0.464. The van der Waals surface area contributed by atoms with Gasteiger partial charge < -0.3 is 0 Å². The number of nitrogens with one attached hydrogen (secondary N) is 1. The van der Waals surface area contributed by atoms with Gasteiger partial charge in [0.15, 0.2) is 0 Å². The number of carbonyl (C=O) groups is 1. The van der Waals surface area contributed by atoms with Crippen LogP contribution in [0.5, 0.6) is 0 Å². The van der Waals surface area contributed by atoms with Gasteiger partial charge in [-0.05, 0) is 37.5 Å². The Morgan fingerprint density at radius 2 is 1.97 bits per heavy atom. The second-order valence-corrected chi connectivity index (χ2v) is 8.41. The third-order valence-electron chi connectivity index (χ3n) is 5.51. The van der Waals surface area contributed by atoms with E-state index < -0.39 is 5.91 Å². The number of thiophene rings is 1. The molecule has 0 bridgehead atoms. The summed E-state index contributed by atoms with van der Waals surface area (Å²) in [7, 11) is 0. The van der Waals surface area contributed by atoms with Crippen LogP contribution in [0.2, 0.25) is 0 Å². The van der Waals surface area contributed by atoms with Crippen molar-refractivity contribution in [2.24, 2.45) is 0 Å². The van der Waals surface area contributed by atoms with Crippen LogP contribution in [0.25, 0.3) is 21.1 Å². The first-order chi connectivity index (χ1) is 14.5. The van der Waals surface area contributed by atoms with Crippen molar-refractivity contribution in [2.45, 2.75) is 39.2 Å². The molecule has 4 heterocycles. The first kappa shape index (κ1) is 18.7. The Morgan fingerprint density at radius 3 is 2.83 bits per heavy atom. The number of rotatable bonds is 2. The maximum absolute atomic E-state index is 13.1. The number of fused-ring (bicyclic) bond motifs is 3. The number of hydrogen-bond donors (Lipinski definition) is 1. The van der Waals surface area contributed by atoms with E-state index in [-0.39, 0.29) is 11.1 Å². The summed E-state index contributed by atoms with van der Waals surface area (Å²) in [6.07, 6.45) is 5.10. The van der Waals surface area contributed by atoms with E-state index in [0.29, 0.717) is 38.1 Å². The average Bonchev–Trinajstić information content (AvgIpc) is 2.91. The van der Waals surface area contributed by atoms with Crippen molar-refractivity contribution in [1.29, 1.82) is 0 Å². The predicted octanol–water partition coefficient (Wildman–Crippen LogP) is 2.59. The summed E-state index contributed by atoms with van der Waals surface area (Å²) in [6, 6.07) is 6.94. The van der Waals surface area contributed by atoms with Gasteiger partial charge in [0.25, 0.3) is 17.0 Å². The van der Waals surface area contributed by atoms with Crippen LogP contribution < -0.4 is 16.5 Å². The molecule has 152 valence electrons. The number of aromatic nitrogens is 4. The minimum absolute atomic E-state index is 0.0887. The molecule has 0 radical (unpaired) electrons. The zero-order valence-corrected chi connectivity index (χ0v) is 17.2. The molecular weight excluding hydrogens is 402 g/mol. The summed E-state index contributed by atoms with van der Waals surface area (Å²) in [5.41, 5.74) is 3.29. The van der Waals surface area contributed by atoms with Gasteiger partial charge in [-0.15, -0.1) is 11.3 Å². The van der Waals surface area contributed by atoms with Crippen LogP contribution >= 0.6 is 11.3 Å². The number of carbonyl (C=O) groups excluding carboxylic acids is 1. The van der Waals surface area contributed by atoms with Gasteiger partial charge in [-0.1, -0.05) is 18.6 Å². The minimum Gasteiger partial charge on any atom is -0.296 e. The monoisotopic (exact) mass is 421 g/mol. The Morgan fingerprint density at radius 1 is 1.13 bits per heavy atom. The van der Waals surface area contributed by atoms with Gasteiger partial charge in [0.1, 0.15) is 17.0 Å². The second-order valence-electron chi connectivity index (χ2n) is 7.41. The van der Waals surface area contributed by atoms with Crippen molar-refractivity contribution in [2.75, 3.05) is 5.43 Å². The molecular formula is C21H19N5O3S. The van der Waals surface area contributed by atoms with Crippen molar-refractivity contribution >= 4 is 38.4 Å². The lowest BCUT2D eigenvalue weighted by Gasteiger charge is -2.08. The van der Waals surface area contributed by atoms with E-state index in [9.17, 15) is 14.4 Å². The highest BCUT2D eigenvalue weighted by atomic mass is 32.1. The summed E-state index contributed by atoms with van der Waals surface area (Å²) >= 11 is 1.18. The smallest absolute Gasteiger partial charge is 0.280 e. The van der Waals surface area contributed by atoms with Gasteiger partial charge in [0.2, 0.25) is 0 Å². The molecule has 0 saturated carbocycles. The first-order valence-electron chi connectivity index (χ1n) is 9.85. The first-order valence-corrected chi connectivity index (χ1v) is 10.7. The fraction of sp³-hybridized carbons (Fsp3) is 0.286. The maximum Gasteiger partial charge on any atom is 0.280 e. The molecule has 0 fully saturated rings. The molecule has 1 N–H and O–H groups in total. The highest BCUT2D eigenvalue weighted by Crippen LogP contribution is 2.28. The molecule has 1 aliphatic heterocycles. The molecule has 0 spiro atoms. The van der Waals surface area contributed by atoms with Crippen LogP contribution in [-0.4, -0.2) is 25.1 Å². The normalized spacial score (nSPS) is 13.9. The highest BCUT2D eigenvalue weighted by Gasteiger charge is 2.22. The molecule has 1 aromatic carbocycles. The molecule has 30 heavy (non-hydrogen) atoms. The zero-order valence-electron chi connectivity index (χ0n) is 16.3. The Balaban J connectivity index is 1.57. The van der Waals surface area contributed by atoms with Crippen molar-refractivity contribution in [3.05, 3.63) is 67.6 Å². The molecule has 1 aliphatic rings. The van der Waals surface area contributed by atoms with Gasteiger partial charge in [-0.2, -0.15) is 0 Å². The van der Waals surface area contributed by atoms with Crippen molar-refractivity contribution < 1.29 is 4.79 Å². The molecule has 0 unspecified atom stereocenters. The topological polar surface area (TPSA) is 98.9 Å². The third kappa shape index (κ3) is 2.93. The number of hydrogen-bond acceptors (Lipinski definition) is 6. The fourth-order valence-electron chi connectivity index (χ4n) is 3.94. The molecule has 3 aromatic heterocycles. The van der Waals surface area contributed by atoms with E-state index in [1.165, 1.54) is 17.7 Å². The Kier molecular flexibility index (Phi) is 4.47. The van der Waals surface area contributed by atoms with E-state index in [0.717, 1.165) is 36.2 Å². The SMILES string of the molecule is Cc1c(C(=O)Nn2cnc3ccccc3c2=O)sc2nc3n(c(=O)c12)CCCCC3. The summed E-state index contributed by atoms with van der Waals surface area (Å²) < 4.78 is 2.82. The molecule has 0 saturated heterocycles. The molecule has 8 nitrogen and oxygen atoms in total. The molecule has 4 aromatic rings. The second kappa shape index (κ2) is 7.17. The maximum atomic E-state index is 13.1. The van der Waals surface area contributed by atoms with Crippen LogP contribution in [0.3, 0.4) is 0 Å². The number of benzene rings is 1. The molecule has 5 rings (SSSR count). The van der Waals surface area contributed by atoms with Gasteiger partial charge in [-0.25, -0.2) is 14.6 Å². The van der Waals surface area contributed by atoms with Crippen LogP contribution in [0, 0.1) is 6.92 Å². The standard InChI is InChI=1S/C21H19N5O3S/c1-12-16-19(23-15-9-3-2-6-10-25(15)21(16)29)30-17(12)18(27)24-26-11-22-14-8-5-4-7-13(14)20(26)28/h4-5,7-8,11H,2-3,6,9-10H2,1H3,(H,24,27). The largest absolute Gasteiger partial charge is 0.296 e. The van der Waals surface area contributed by atoms with Crippen molar-refractivity contribution in [1.82, 2.24) is 19.2 Å². The van der Waals surface area contributed by atoms with E-state index >= 15 is 0 Å². The van der Waals surface area contributed by atoms with Crippen LogP contribution in [0.1, 0.15) is 40.3 Å². The predicted molar refractivity (Wildman–Crippen MR) is 116 cm³/mol. The van der Waals surface area contributed by atoms with E-state index in [1.54, 1.807) is 35.8 Å². The number of para-hydroxylation sites is 1. The van der Waals surface area contributed by atoms with Gasteiger partial charge >= 0.3 is 0 Å². The van der Waals surface area contributed by atoms with Gasteiger partial charge in [-0.3, -0.25) is 24.4 Å². The number of nitrogens with zero attached hydrogens (tertiary/aromatic N) is 4. The molecule has 0 aliphatic carbocycles. The number of aryl methyl sites for hydroxylation is 2. The lowest BCUT2D eigenvalue weighted by atomic mass is 10.2. The third-order valence-corrected chi connectivity index (χ3v) is 6.69. The quantitative estimate of drug-likeness (QED) is 0.536. The van der Waals surface area contributed by atoms with Gasteiger partial charge in [0.05, 0.1) is 21.2 Å². The van der Waals surface area contributed by atoms with E-state index in [1.807, 2.05) is 0 Å². The van der Waals surface area contributed by atoms with Gasteiger partial charge in [0, 0.05) is 13.0 Å². The zero-order chi connectivity index (χ0) is 20.8. The van der Waals surface area contributed by atoms with Crippen LogP contribution in [0.15, 0.2) is 40.2 Å². The van der Waals surface area contributed by atoms with Crippen LogP contribution in [0.4, 0.5) is 0 Å². The van der Waals surface area contributed by atoms with Crippen molar-refractivity contribution in [3.8, 4) is 0 Å². The molecule has 0 atom stereocenters. The summed E-state index contributed by atoms with van der Waals surface area (Å²) in [6.45, 7) is 2.41.